The van der Waals surface area contributed by atoms with E-state index in [2.05, 4.69) is 20.6 Å². The summed E-state index contributed by atoms with van der Waals surface area (Å²) < 4.78 is 5.58. The van der Waals surface area contributed by atoms with Crippen molar-refractivity contribution in [3.05, 3.63) is 41.6 Å². The average molecular weight is 365 g/mol. The molecule has 0 spiro atoms. The molecule has 1 aromatic heterocycles. The van der Waals surface area contributed by atoms with E-state index in [1.807, 2.05) is 58.0 Å². The molecule has 0 saturated carbocycles. The largest absolute Gasteiger partial charge is 0.376 e. The zero-order valence-electron chi connectivity index (χ0n) is 15.6. The lowest BCUT2D eigenvalue weighted by Gasteiger charge is -2.13. The summed E-state index contributed by atoms with van der Waals surface area (Å²) in [6.45, 7) is 9.55. The van der Waals surface area contributed by atoms with E-state index in [1.165, 1.54) is 0 Å². The van der Waals surface area contributed by atoms with Crippen molar-refractivity contribution in [2.75, 3.05) is 23.8 Å². The summed E-state index contributed by atoms with van der Waals surface area (Å²) in [5.74, 6) is 1.14. The van der Waals surface area contributed by atoms with E-state index in [1.54, 1.807) is 6.20 Å². The maximum Gasteiger partial charge on any atom is 0.229 e. The molecule has 1 atom stereocenters. The van der Waals surface area contributed by atoms with Gasteiger partial charge < -0.3 is 15.4 Å². The number of rotatable bonds is 5. The van der Waals surface area contributed by atoms with Crippen molar-refractivity contribution in [1.29, 1.82) is 0 Å². The minimum Gasteiger partial charge on any atom is -0.376 e. The van der Waals surface area contributed by atoms with Crippen LogP contribution >= 0.6 is 11.6 Å². The summed E-state index contributed by atoms with van der Waals surface area (Å²) in [7, 11) is 0. The molecule has 2 N–H and O–H groups in total. The fourth-order valence-corrected chi connectivity index (χ4v) is 2.38. The summed E-state index contributed by atoms with van der Waals surface area (Å²) in [6, 6.07) is 9.78. The Bertz CT molecular complexity index is 589. The van der Waals surface area contributed by atoms with E-state index in [-0.39, 0.29) is 6.10 Å². The van der Waals surface area contributed by atoms with Gasteiger partial charge in [0.05, 0.1) is 12.3 Å². The highest BCUT2D eigenvalue weighted by atomic mass is 35.5. The van der Waals surface area contributed by atoms with Crippen LogP contribution in [-0.2, 0) is 4.74 Å². The van der Waals surface area contributed by atoms with Crippen LogP contribution in [0.15, 0.2) is 36.5 Å². The summed E-state index contributed by atoms with van der Waals surface area (Å²) >= 11 is 6.13. The minimum atomic E-state index is 0.238. The quantitative estimate of drug-likeness (QED) is 0.731. The third kappa shape index (κ3) is 7.28. The number of para-hydroxylation sites is 1. The fraction of sp³-hybridized carbons (Fsp3) is 0.474. The van der Waals surface area contributed by atoms with Crippen LogP contribution in [0.25, 0.3) is 0 Å². The number of hydrogen-bond acceptors (Lipinski definition) is 5. The summed E-state index contributed by atoms with van der Waals surface area (Å²) in [4.78, 5) is 8.60. The molecule has 0 bridgehead atoms. The molecule has 0 amide bonds. The van der Waals surface area contributed by atoms with Crippen LogP contribution in [0.5, 0.6) is 0 Å². The summed E-state index contributed by atoms with van der Waals surface area (Å²) in [6.07, 6.45) is 4.02. The molecule has 2 aromatic rings. The smallest absolute Gasteiger partial charge is 0.229 e. The van der Waals surface area contributed by atoms with Crippen molar-refractivity contribution < 1.29 is 4.74 Å². The van der Waals surface area contributed by atoms with E-state index < -0.39 is 0 Å². The molecule has 3 rings (SSSR count). The topological polar surface area (TPSA) is 59.1 Å². The van der Waals surface area contributed by atoms with Gasteiger partial charge in [0, 0.05) is 18.8 Å². The van der Waals surface area contributed by atoms with Gasteiger partial charge >= 0.3 is 0 Å². The monoisotopic (exact) mass is 364 g/mol. The van der Waals surface area contributed by atoms with E-state index in [0.717, 1.165) is 25.1 Å². The van der Waals surface area contributed by atoms with Gasteiger partial charge in [-0.2, -0.15) is 4.98 Å². The molecule has 2 heterocycles. The third-order valence-corrected chi connectivity index (χ3v) is 3.57. The van der Waals surface area contributed by atoms with Crippen LogP contribution < -0.4 is 10.6 Å². The molecule has 6 heteroatoms. The first kappa shape index (κ1) is 21.2. The van der Waals surface area contributed by atoms with Crippen molar-refractivity contribution in [1.82, 2.24) is 9.97 Å². The van der Waals surface area contributed by atoms with Crippen LogP contribution in [0, 0.1) is 0 Å². The third-order valence-electron chi connectivity index (χ3n) is 3.30. The molecule has 0 aliphatic carbocycles. The highest BCUT2D eigenvalue weighted by Crippen LogP contribution is 2.22. The maximum absolute atomic E-state index is 6.13. The Kier molecular flexibility index (Phi) is 10.6. The molecule has 1 aliphatic heterocycles. The zero-order valence-corrected chi connectivity index (χ0v) is 16.3. The number of benzene rings is 1. The zero-order chi connectivity index (χ0) is 18.5. The summed E-state index contributed by atoms with van der Waals surface area (Å²) in [5.41, 5.74) is 0.935. The number of anilines is 3. The van der Waals surface area contributed by atoms with Gasteiger partial charge in [0.1, 0.15) is 5.02 Å². The maximum atomic E-state index is 6.13. The normalized spacial score (nSPS) is 15.3. The number of halogens is 1. The lowest BCUT2D eigenvalue weighted by Crippen LogP contribution is -2.19. The van der Waals surface area contributed by atoms with Crippen molar-refractivity contribution >= 4 is 29.1 Å². The minimum absolute atomic E-state index is 0.238. The average Bonchev–Trinajstić information content (AvgIpc) is 3.20. The second-order valence-corrected chi connectivity index (χ2v) is 5.30. The molecule has 1 aliphatic rings. The Hall–Kier alpha value is -1.85. The number of ether oxygens (including phenoxy) is 1. The molecule has 25 heavy (non-hydrogen) atoms. The van der Waals surface area contributed by atoms with Crippen LogP contribution in [0.1, 0.15) is 40.5 Å². The Morgan fingerprint density at radius 2 is 1.88 bits per heavy atom. The molecule has 1 unspecified atom stereocenters. The predicted molar refractivity (Wildman–Crippen MR) is 107 cm³/mol. The highest BCUT2D eigenvalue weighted by Gasteiger charge is 2.16. The Labute approximate surface area is 156 Å². The van der Waals surface area contributed by atoms with E-state index >= 15 is 0 Å². The Balaban J connectivity index is 0.000000730. The fourth-order valence-electron chi connectivity index (χ4n) is 2.22. The standard InChI is InChI=1S/C15H17ClN4O.2C2H6/c16-13-10-18-15(19-11-5-2-1-3-6-11)20-14(13)17-9-12-7-4-8-21-12;2*1-2/h1-3,5-6,10,12H,4,7-9H2,(H2,17,18,19,20);2*1-2H3. The van der Waals surface area contributed by atoms with Crippen molar-refractivity contribution in [3.63, 3.8) is 0 Å². The van der Waals surface area contributed by atoms with Gasteiger partial charge in [0.15, 0.2) is 5.82 Å². The molecule has 1 fully saturated rings. The molecule has 0 radical (unpaired) electrons. The first-order chi connectivity index (χ1) is 12.3. The first-order valence-electron chi connectivity index (χ1n) is 9.01. The van der Waals surface area contributed by atoms with Crippen molar-refractivity contribution in [2.24, 2.45) is 0 Å². The number of nitrogens with one attached hydrogen (secondary N) is 2. The summed E-state index contributed by atoms with van der Waals surface area (Å²) in [5, 5.41) is 6.89. The van der Waals surface area contributed by atoms with Gasteiger partial charge in [-0.1, -0.05) is 57.5 Å². The van der Waals surface area contributed by atoms with E-state index in [4.69, 9.17) is 16.3 Å². The number of nitrogens with zero attached hydrogens (tertiary/aromatic N) is 2. The van der Waals surface area contributed by atoms with Gasteiger partial charge in [-0.3, -0.25) is 0 Å². The van der Waals surface area contributed by atoms with Crippen LogP contribution in [-0.4, -0.2) is 29.2 Å². The molecule has 1 saturated heterocycles. The van der Waals surface area contributed by atoms with Crippen LogP contribution in [0.3, 0.4) is 0 Å². The second-order valence-electron chi connectivity index (χ2n) is 4.90. The molecular formula is C19H29ClN4O. The molecule has 5 nitrogen and oxygen atoms in total. The Morgan fingerprint density at radius 1 is 1.16 bits per heavy atom. The SMILES string of the molecule is CC.CC.Clc1cnc(Nc2ccccc2)nc1NCC1CCCO1. The Morgan fingerprint density at radius 3 is 2.52 bits per heavy atom. The highest BCUT2D eigenvalue weighted by molar-refractivity contribution is 6.32. The van der Waals surface area contributed by atoms with Gasteiger partial charge in [-0.25, -0.2) is 4.98 Å². The van der Waals surface area contributed by atoms with Gasteiger partial charge in [-0.15, -0.1) is 0 Å². The van der Waals surface area contributed by atoms with Gasteiger partial charge in [-0.05, 0) is 25.0 Å². The predicted octanol–water partition coefficient (Wildman–Crippen LogP) is 5.52. The number of aromatic nitrogens is 2. The lowest BCUT2D eigenvalue weighted by atomic mass is 10.2. The first-order valence-corrected chi connectivity index (χ1v) is 9.39. The van der Waals surface area contributed by atoms with Crippen molar-refractivity contribution in [3.8, 4) is 0 Å². The number of hydrogen-bond donors (Lipinski definition) is 2. The van der Waals surface area contributed by atoms with Gasteiger partial charge in [0.25, 0.3) is 0 Å². The lowest BCUT2D eigenvalue weighted by molar-refractivity contribution is 0.120. The van der Waals surface area contributed by atoms with E-state index in [0.29, 0.717) is 23.3 Å². The molecule has 138 valence electrons. The second kappa shape index (κ2) is 12.5. The van der Waals surface area contributed by atoms with Crippen molar-refractivity contribution in [2.45, 2.75) is 46.6 Å². The van der Waals surface area contributed by atoms with Gasteiger partial charge in [0.2, 0.25) is 5.95 Å². The molecular weight excluding hydrogens is 336 g/mol. The van der Waals surface area contributed by atoms with Crippen LogP contribution in [0.2, 0.25) is 5.02 Å². The van der Waals surface area contributed by atoms with Crippen LogP contribution in [0.4, 0.5) is 17.5 Å². The van der Waals surface area contributed by atoms with E-state index in [9.17, 15) is 0 Å². The molecule has 1 aromatic carbocycles.